The maximum absolute atomic E-state index is 7.05. The van der Waals surface area contributed by atoms with Gasteiger partial charge in [0.15, 0.2) is 11.2 Å². The second-order valence-electron chi connectivity index (χ2n) is 12.2. The smallest absolute Gasteiger partial charge is 0.387 e. The first kappa shape index (κ1) is 28.7. The first-order valence-electron chi connectivity index (χ1n) is 15.8. The van der Waals surface area contributed by atoms with Gasteiger partial charge in [0, 0.05) is 27.8 Å². The summed E-state index contributed by atoms with van der Waals surface area (Å²) in [6, 6.07) is 36.5. The van der Waals surface area contributed by atoms with E-state index in [1.807, 2.05) is 0 Å². The SMILES string of the molecule is Cc1cc(-c2ccccc2)c2op(O[C@@H]3CCCC[C@H]3c3ccccc3)oc3c(-c4ccccc4)cc(C)c(C)c3c2c1C. The predicted octanol–water partition coefficient (Wildman–Crippen LogP) is 12.0. The Bertz CT molecular complexity index is 1860. The molecule has 0 saturated heterocycles. The Morgan fingerprint density at radius 2 is 1.05 bits per heavy atom. The molecular formula is C40H39O3P. The van der Waals surface area contributed by atoms with Crippen LogP contribution in [0.5, 0.6) is 0 Å². The highest BCUT2D eigenvalue weighted by molar-refractivity contribution is 7.31. The molecule has 5 aromatic carbocycles. The van der Waals surface area contributed by atoms with Crippen LogP contribution < -0.4 is 4.52 Å². The van der Waals surface area contributed by atoms with E-state index in [4.69, 9.17) is 12.9 Å². The summed E-state index contributed by atoms with van der Waals surface area (Å²) in [4.78, 5) is 0. The van der Waals surface area contributed by atoms with Crippen molar-refractivity contribution < 1.29 is 12.9 Å². The lowest BCUT2D eigenvalue weighted by Crippen LogP contribution is -2.27. The second kappa shape index (κ2) is 12.2. The summed E-state index contributed by atoms with van der Waals surface area (Å²) in [5.74, 6) is 0.309. The molecule has 0 bridgehead atoms. The summed E-state index contributed by atoms with van der Waals surface area (Å²) in [5.41, 5.74) is 12.3. The van der Waals surface area contributed by atoms with Gasteiger partial charge >= 0.3 is 8.24 Å². The Hall–Kier alpha value is -4.04. The molecule has 1 aliphatic rings. The van der Waals surface area contributed by atoms with Crippen LogP contribution in [-0.4, -0.2) is 6.10 Å². The van der Waals surface area contributed by atoms with Crippen LogP contribution in [0, 0.1) is 27.7 Å². The fourth-order valence-electron chi connectivity index (χ4n) is 6.87. The number of rotatable bonds is 5. The minimum atomic E-state index is -1.77. The van der Waals surface area contributed by atoms with Crippen molar-refractivity contribution in [2.24, 2.45) is 0 Å². The predicted molar refractivity (Wildman–Crippen MR) is 184 cm³/mol. The highest BCUT2D eigenvalue weighted by Gasteiger charge is 2.30. The van der Waals surface area contributed by atoms with Crippen molar-refractivity contribution in [2.45, 2.75) is 65.4 Å². The molecule has 0 radical (unpaired) electrons. The molecule has 1 fully saturated rings. The van der Waals surface area contributed by atoms with E-state index in [9.17, 15) is 0 Å². The third kappa shape index (κ3) is 5.30. The van der Waals surface area contributed by atoms with Crippen molar-refractivity contribution in [1.29, 1.82) is 0 Å². The zero-order valence-electron chi connectivity index (χ0n) is 26.0. The average molecular weight is 599 g/mol. The molecule has 44 heavy (non-hydrogen) atoms. The van der Waals surface area contributed by atoms with E-state index in [1.165, 1.54) is 34.2 Å². The maximum Gasteiger partial charge on any atom is 0.387 e. The second-order valence-corrected chi connectivity index (χ2v) is 13.2. The molecule has 6 aromatic rings. The van der Waals surface area contributed by atoms with Crippen LogP contribution in [0.1, 0.15) is 59.4 Å². The highest BCUT2D eigenvalue weighted by atomic mass is 31.1. The van der Waals surface area contributed by atoms with Crippen molar-refractivity contribution >= 4 is 30.2 Å². The van der Waals surface area contributed by atoms with Gasteiger partial charge in [0.1, 0.15) is 0 Å². The maximum atomic E-state index is 7.05. The molecule has 1 saturated carbocycles. The first-order valence-corrected chi connectivity index (χ1v) is 16.9. The van der Waals surface area contributed by atoms with Crippen molar-refractivity contribution in [3.05, 3.63) is 131 Å². The Labute approximate surface area is 261 Å². The largest absolute Gasteiger partial charge is 0.398 e. The van der Waals surface area contributed by atoms with Gasteiger partial charge in [-0.1, -0.05) is 104 Å². The molecule has 0 N–H and O–H groups in total. The average Bonchev–Trinajstić information content (AvgIpc) is 3.23. The van der Waals surface area contributed by atoms with E-state index in [-0.39, 0.29) is 6.10 Å². The van der Waals surface area contributed by atoms with Gasteiger partial charge in [-0.3, -0.25) is 4.52 Å². The minimum absolute atomic E-state index is 0.0145. The molecule has 1 aromatic heterocycles. The Morgan fingerprint density at radius 1 is 0.591 bits per heavy atom. The normalized spacial score (nSPS) is 16.8. The standard InChI is InChI=1S/C40H39O3P/c1-26-24-34(31-18-10-6-11-19-31)39-37(28(26)3)38-29(4)27(2)25-35(32-20-12-7-13-21-32)40(38)43-44(42-39)41-36-23-15-14-22-33(36)30-16-8-5-9-17-30/h5-13,16-21,24-25,33,36H,14-15,22-23H2,1-4H3/t33-,36+/m0/s1. The van der Waals surface area contributed by atoms with Gasteiger partial charge in [-0.15, -0.1) is 0 Å². The van der Waals surface area contributed by atoms with E-state index in [0.29, 0.717) is 5.92 Å². The van der Waals surface area contributed by atoms with Crippen LogP contribution in [0.2, 0.25) is 0 Å². The van der Waals surface area contributed by atoms with Crippen LogP contribution in [0.25, 0.3) is 44.2 Å². The van der Waals surface area contributed by atoms with Crippen LogP contribution in [0.3, 0.4) is 0 Å². The zero-order chi connectivity index (χ0) is 30.2. The van der Waals surface area contributed by atoms with Gasteiger partial charge < -0.3 is 8.39 Å². The molecule has 3 nitrogen and oxygen atoms in total. The molecule has 1 heterocycles. The Balaban J connectivity index is 1.57. The highest BCUT2D eigenvalue weighted by Crippen LogP contribution is 2.47. The lowest BCUT2D eigenvalue weighted by Gasteiger charge is -2.30. The van der Waals surface area contributed by atoms with Crippen LogP contribution in [0.15, 0.2) is 112 Å². The van der Waals surface area contributed by atoms with Crippen LogP contribution >= 0.6 is 8.24 Å². The summed E-state index contributed by atoms with van der Waals surface area (Å²) >= 11 is 0. The summed E-state index contributed by atoms with van der Waals surface area (Å²) < 4.78 is 21.1. The Morgan fingerprint density at radius 3 is 1.55 bits per heavy atom. The monoisotopic (exact) mass is 598 g/mol. The van der Waals surface area contributed by atoms with Crippen molar-refractivity contribution in [1.82, 2.24) is 0 Å². The lowest BCUT2D eigenvalue weighted by atomic mass is 9.82. The van der Waals surface area contributed by atoms with E-state index < -0.39 is 8.24 Å². The van der Waals surface area contributed by atoms with E-state index in [1.54, 1.807) is 0 Å². The van der Waals surface area contributed by atoms with Gasteiger partial charge in [0.2, 0.25) is 0 Å². The summed E-state index contributed by atoms with van der Waals surface area (Å²) in [7, 11) is -1.77. The molecule has 0 aliphatic heterocycles. The fourth-order valence-corrected chi connectivity index (χ4v) is 8.14. The number of hydrogen-bond donors (Lipinski definition) is 0. The molecular weight excluding hydrogens is 559 g/mol. The molecule has 222 valence electrons. The van der Waals surface area contributed by atoms with E-state index in [2.05, 4.69) is 131 Å². The minimum Gasteiger partial charge on any atom is -0.398 e. The molecule has 2 atom stereocenters. The van der Waals surface area contributed by atoms with Crippen molar-refractivity contribution in [2.75, 3.05) is 0 Å². The van der Waals surface area contributed by atoms with Crippen molar-refractivity contribution in [3.63, 3.8) is 0 Å². The summed E-state index contributed by atoms with van der Waals surface area (Å²) in [5, 5.41) is 2.21. The molecule has 4 heteroatoms. The van der Waals surface area contributed by atoms with E-state index >= 15 is 0 Å². The molecule has 0 amide bonds. The number of hydrogen-bond acceptors (Lipinski definition) is 3. The molecule has 1 aliphatic carbocycles. The quantitative estimate of drug-likeness (QED) is 0.198. The fraction of sp³-hybridized carbons (Fsp3) is 0.250. The van der Waals surface area contributed by atoms with Crippen LogP contribution in [-0.2, 0) is 0 Å². The summed E-state index contributed by atoms with van der Waals surface area (Å²) in [6.45, 7) is 8.81. The van der Waals surface area contributed by atoms with Gasteiger partial charge in [-0.25, -0.2) is 0 Å². The molecule has 7 rings (SSSR count). The third-order valence-electron chi connectivity index (χ3n) is 9.50. The third-order valence-corrected chi connectivity index (χ3v) is 10.6. The van der Waals surface area contributed by atoms with Crippen molar-refractivity contribution in [3.8, 4) is 22.3 Å². The molecule has 0 spiro atoms. The zero-order valence-corrected chi connectivity index (χ0v) is 26.9. The van der Waals surface area contributed by atoms with Gasteiger partial charge in [0.05, 0.1) is 6.10 Å². The van der Waals surface area contributed by atoms with Gasteiger partial charge in [0.25, 0.3) is 0 Å². The lowest BCUT2D eigenvalue weighted by molar-refractivity contribution is 0.172. The topological polar surface area (TPSA) is 35.5 Å². The van der Waals surface area contributed by atoms with Gasteiger partial charge in [-0.05, 0) is 91.6 Å². The Kier molecular flexibility index (Phi) is 7.93. The molecule has 0 unspecified atom stereocenters. The van der Waals surface area contributed by atoms with E-state index in [0.717, 1.165) is 63.5 Å². The van der Waals surface area contributed by atoms with Gasteiger partial charge in [-0.2, -0.15) is 0 Å². The van der Waals surface area contributed by atoms with Crippen LogP contribution in [0.4, 0.5) is 0 Å². The number of fused-ring (bicyclic) bond motifs is 3. The number of aryl methyl sites for hydroxylation is 4. The summed E-state index contributed by atoms with van der Waals surface area (Å²) in [6.07, 6.45) is 4.46. The first-order chi connectivity index (χ1) is 21.5. The number of benzene rings is 5.